The molecule has 4 N–H and O–H groups in total. The molecule has 0 amide bonds. The first kappa shape index (κ1) is 116. The Morgan fingerprint density at radius 2 is 0.438 bits per heavy atom. The number of esters is 3. The molecule has 0 radical (unpaired) electrons. The van der Waals surface area contributed by atoms with Gasteiger partial charge in [-0.3, -0.25) is 32.5 Å². The van der Waals surface area contributed by atoms with Crippen molar-refractivity contribution in [3.63, 3.8) is 0 Å². The number of unbranched alkanes of at least 4 members (excludes halogenated alkanes) is 43. The first-order valence-electron chi connectivity index (χ1n) is 48.8. The normalized spacial score (nSPS) is 14.4. The zero-order valence-electron chi connectivity index (χ0n) is 76.9. The van der Waals surface area contributed by atoms with Crippen LogP contribution in [0.3, 0.4) is 0 Å². The summed E-state index contributed by atoms with van der Waals surface area (Å²) in [5.74, 6) is -1.58. The maximum absolute atomic E-state index is 13.1. The molecule has 0 rings (SSSR count). The number of rotatable bonds is 92. The molecule has 0 heterocycles. The van der Waals surface area contributed by atoms with Crippen molar-refractivity contribution in [3.8, 4) is 0 Å². The van der Waals surface area contributed by atoms with Crippen LogP contribution in [0.1, 0.15) is 419 Å². The summed E-state index contributed by atoms with van der Waals surface area (Å²) in [5, 5.41) is 20.8. The lowest BCUT2D eigenvalue weighted by atomic mass is 10.0. The predicted molar refractivity (Wildman–Crippen MR) is 509 cm³/mol. The fraction of sp³-hybridized carbons (Fsp3) is 0.718. The molecular weight excluding hydrogens is 1560 g/mol. The number of phosphoric acid groups is 2. The van der Waals surface area contributed by atoms with Crippen LogP contribution in [0.25, 0.3) is 0 Å². The standard InChI is InChI=1S/C103H178O16P2/c1-4-7-10-13-16-19-22-25-28-31-34-37-39-41-43-45-46-47-48-49-50-52-54-55-57-60-62-65-68-71-74-77-80-83-86-89-101(106)113-92-98(104)93-115-120(109,110)116-94-99(105)95-117-121(111,112)118-97-100(119-103(108)91-88-85-82-79-76-73-70-67-64-59-36-33-30-27-24-21-18-15-12-9-6-3)96-114-102(107)90-87-84-81-78-75-72-69-66-63-61-58-56-53-51-44-42-40-38-35-32-29-26-23-20-17-14-11-8-5-2/h8,11,16-21,25-30,34-38,41-44,59,67,70,98-100,104-105H,4-7,9-10,12-15,22-24,31-33,39-40,45-58,60-66,68-69,71-97H2,1-3H3,(H,109,110)(H,111,112)/b11-8-,19-16-,20-17-,21-18-,28-25-,29-26-,30-27-,37-34-,38-35-,43-41-,44-42-,59-36-,70-67-. The van der Waals surface area contributed by atoms with Crippen molar-refractivity contribution in [3.05, 3.63) is 158 Å². The van der Waals surface area contributed by atoms with Gasteiger partial charge in [0.15, 0.2) is 6.10 Å². The summed E-state index contributed by atoms with van der Waals surface area (Å²) in [7, 11) is -9.82. The van der Waals surface area contributed by atoms with E-state index in [4.69, 9.17) is 32.3 Å². The van der Waals surface area contributed by atoms with Gasteiger partial charge in [0, 0.05) is 19.3 Å². The third-order valence-electron chi connectivity index (χ3n) is 20.7. The van der Waals surface area contributed by atoms with Crippen molar-refractivity contribution < 1.29 is 75.8 Å². The average Bonchev–Trinajstić information content (AvgIpc) is 0.913. The Bertz CT molecular complexity index is 2830. The van der Waals surface area contributed by atoms with Crippen LogP contribution in [0.2, 0.25) is 0 Å². The largest absolute Gasteiger partial charge is 0.472 e. The minimum absolute atomic E-state index is 0.0807. The van der Waals surface area contributed by atoms with Crippen LogP contribution in [0.4, 0.5) is 0 Å². The number of hydrogen-bond donors (Lipinski definition) is 4. The van der Waals surface area contributed by atoms with Crippen LogP contribution in [-0.4, -0.2) is 95.9 Å². The predicted octanol–water partition coefficient (Wildman–Crippen LogP) is 30.5. The molecule has 0 saturated heterocycles. The van der Waals surface area contributed by atoms with Crippen molar-refractivity contribution in [2.24, 2.45) is 0 Å². The third kappa shape index (κ3) is 95.7. The van der Waals surface area contributed by atoms with Gasteiger partial charge in [0.2, 0.25) is 0 Å². The number of carbonyl (C=O) groups excluding carboxylic acids is 3. The molecule has 0 aliphatic heterocycles. The monoisotopic (exact) mass is 1730 g/mol. The van der Waals surface area contributed by atoms with Gasteiger partial charge in [-0.25, -0.2) is 9.13 Å². The van der Waals surface area contributed by atoms with Gasteiger partial charge in [-0.05, 0) is 154 Å². The molecular formula is C103H178O16P2. The molecule has 0 aromatic rings. The van der Waals surface area contributed by atoms with Gasteiger partial charge in [0.05, 0.1) is 26.4 Å². The van der Waals surface area contributed by atoms with Crippen LogP contribution >= 0.6 is 15.6 Å². The summed E-state index contributed by atoms with van der Waals surface area (Å²) in [6.07, 6.45) is 122. The zero-order valence-corrected chi connectivity index (χ0v) is 78.7. The van der Waals surface area contributed by atoms with Crippen LogP contribution in [0.15, 0.2) is 158 Å². The maximum atomic E-state index is 13.1. The fourth-order valence-corrected chi connectivity index (χ4v) is 14.9. The van der Waals surface area contributed by atoms with E-state index in [-0.39, 0.29) is 19.3 Å². The van der Waals surface area contributed by atoms with Crippen molar-refractivity contribution in [1.82, 2.24) is 0 Å². The van der Waals surface area contributed by atoms with Crippen molar-refractivity contribution in [2.75, 3.05) is 39.6 Å². The van der Waals surface area contributed by atoms with E-state index in [9.17, 15) is 43.5 Å². The van der Waals surface area contributed by atoms with Crippen LogP contribution < -0.4 is 0 Å². The summed E-state index contributed by atoms with van der Waals surface area (Å²) in [6.45, 7) is 2.55. The summed E-state index contributed by atoms with van der Waals surface area (Å²) in [6, 6.07) is 0. The molecule has 5 atom stereocenters. The minimum Gasteiger partial charge on any atom is -0.463 e. The highest BCUT2D eigenvalue weighted by Gasteiger charge is 2.30. The highest BCUT2D eigenvalue weighted by Crippen LogP contribution is 2.45. The summed E-state index contributed by atoms with van der Waals surface area (Å²) in [5.41, 5.74) is 0. The van der Waals surface area contributed by atoms with Gasteiger partial charge in [-0.2, -0.15) is 0 Å². The van der Waals surface area contributed by atoms with E-state index < -0.39 is 91.5 Å². The number of hydrogen-bond acceptors (Lipinski definition) is 14. The van der Waals surface area contributed by atoms with Gasteiger partial charge < -0.3 is 34.2 Å². The maximum Gasteiger partial charge on any atom is 0.472 e. The summed E-state index contributed by atoms with van der Waals surface area (Å²) < 4.78 is 61.5. The first-order valence-corrected chi connectivity index (χ1v) is 51.8. The number of aliphatic hydroxyl groups is 2. The molecule has 0 aromatic heterocycles. The zero-order chi connectivity index (χ0) is 87.9. The van der Waals surface area contributed by atoms with Crippen molar-refractivity contribution in [1.29, 1.82) is 0 Å². The Hall–Kier alpha value is -4.83. The van der Waals surface area contributed by atoms with E-state index in [2.05, 4.69) is 179 Å². The van der Waals surface area contributed by atoms with Crippen molar-refractivity contribution >= 4 is 33.6 Å². The van der Waals surface area contributed by atoms with Crippen LogP contribution in [-0.2, 0) is 55.8 Å². The van der Waals surface area contributed by atoms with E-state index in [0.29, 0.717) is 19.3 Å². The molecule has 0 saturated carbocycles. The van der Waals surface area contributed by atoms with E-state index in [1.54, 1.807) is 0 Å². The van der Waals surface area contributed by atoms with E-state index in [1.807, 2.05) is 0 Å². The first-order chi connectivity index (χ1) is 59.2. The second kappa shape index (κ2) is 94.3. The van der Waals surface area contributed by atoms with Gasteiger partial charge in [0.25, 0.3) is 0 Å². The SMILES string of the molecule is CC/C=C\C/C=C\C/C=C\C/C=C\C/C=C\CCCCCCCCCCCCCCCC(=O)OCC(COP(=O)(O)OCC(O)COP(=O)(O)OCC(O)COC(=O)CCCCCCCCCCCCCCCCCCCCC/C=C\C/C=C\C/C=C\C/C=C\CCCCC)OC(=O)CCCCCCC/C=C\C/C=C\C/C=C\C/C=C\CCCCC. The van der Waals surface area contributed by atoms with Crippen molar-refractivity contribution in [2.45, 2.75) is 437 Å². The second-order valence-corrected chi connectivity index (χ2v) is 35.4. The molecule has 0 fully saturated rings. The minimum atomic E-state index is -4.95. The van der Waals surface area contributed by atoms with Gasteiger partial charge in [-0.1, -0.05) is 403 Å². The smallest absolute Gasteiger partial charge is 0.463 e. The number of allylic oxidation sites excluding steroid dienone is 26. The number of phosphoric ester groups is 2. The highest BCUT2D eigenvalue weighted by atomic mass is 31.2. The summed E-state index contributed by atoms with van der Waals surface area (Å²) >= 11 is 0. The molecule has 121 heavy (non-hydrogen) atoms. The van der Waals surface area contributed by atoms with Crippen LogP contribution in [0, 0.1) is 0 Å². The Kier molecular flexibility index (Phi) is 90.5. The molecule has 0 spiro atoms. The van der Waals surface area contributed by atoms with Gasteiger partial charge in [-0.15, -0.1) is 0 Å². The molecule has 696 valence electrons. The van der Waals surface area contributed by atoms with Crippen LogP contribution in [0.5, 0.6) is 0 Å². The Labute approximate surface area is 740 Å². The third-order valence-corrected chi connectivity index (χ3v) is 22.6. The van der Waals surface area contributed by atoms with E-state index in [1.165, 1.54) is 199 Å². The lowest BCUT2D eigenvalue weighted by molar-refractivity contribution is -0.161. The topological polar surface area (TPSA) is 231 Å². The van der Waals surface area contributed by atoms with E-state index in [0.717, 1.165) is 161 Å². The molecule has 5 unspecified atom stereocenters. The lowest BCUT2D eigenvalue weighted by Crippen LogP contribution is -2.30. The Morgan fingerprint density at radius 1 is 0.240 bits per heavy atom. The fourth-order valence-electron chi connectivity index (χ4n) is 13.3. The summed E-state index contributed by atoms with van der Waals surface area (Å²) in [4.78, 5) is 59.1. The number of ether oxygens (including phenoxy) is 3. The number of carbonyl (C=O) groups is 3. The van der Waals surface area contributed by atoms with Gasteiger partial charge in [0.1, 0.15) is 25.4 Å². The number of aliphatic hydroxyl groups excluding tert-OH is 2. The Morgan fingerprint density at radius 3 is 0.694 bits per heavy atom. The second-order valence-electron chi connectivity index (χ2n) is 32.5. The highest BCUT2D eigenvalue weighted by molar-refractivity contribution is 7.47. The molecule has 0 bridgehead atoms. The molecule has 0 aromatic carbocycles. The molecule has 16 nitrogen and oxygen atoms in total. The lowest BCUT2D eigenvalue weighted by Gasteiger charge is -2.21. The molecule has 18 heteroatoms. The van der Waals surface area contributed by atoms with E-state index >= 15 is 0 Å². The molecule has 0 aliphatic carbocycles. The van der Waals surface area contributed by atoms with Gasteiger partial charge >= 0.3 is 33.6 Å². The Balaban J connectivity index is 4.53. The quantitative estimate of drug-likeness (QED) is 0.0146. The molecule has 0 aliphatic rings. The average molecular weight is 1730 g/mol.